The molecule has 0 N–H and O–H groups in total. The SMILES string of the molecule is Cc1ccc(CCC(=O)N2CCN(c3cc(Cl)ccc3C)CC2)cc1. The number of hydrogen-bond donors (Lipinski definition) is 0. The summed E-state index contributed by atoms with van der Waals surface area (Å²) >= 11 is 6.13. The van der Waals surface area contributed by atoms with E-state index in [4.69, 9.17) is 11.6 Å². The van der Waals surface area contributed by atoms with Gasteiger partial charge in [0.1, 0.15) is 0 Å². The first-order valence-corrected chi connectivity index (χ1v) is 9.25. The number of carbonyl (C=O) groups excluding carboxylic acids is 1. The number of amides is 1. The van der Waals surface area contributed by atoms with E-state index in [9.17, 15) is 4.79 Å². The highest BCUT2D eigenvalue weighted by Crippen LogP contribution is 2.25. The Kier molecular flexibility index (Phi) is 5.64. The van der Waals surface area contributed by atoms with E-state index in [-0.39, 0.29) is 5.91 Å². The molecule has 0 radical (unpaired) electrons. The van der Waals surface area contributed by atoms with Crippen LogP contribution in [0.25, 0.3) is 0 Å². The number of hydrogen-bond acceptors (Lipinski definition) is 2. The van der Waals surface area contributed by atoms with E-state index in [1.807, 2.05) is 17.0 Å². The van der Waals surface area contributed by atoms with Crippen LogP contribution in [-0.4, -0.2) is 37.0 Å². The second-order valence-corrected chi connectivity index (χ2v) is 7.22. The number of rotatable bonds is 4. The molecule has 1 saturated heterocycles. The quantitative estimate of drug-likeness (QED) is 0.818. The van der Waals surface area contributed by atoms with Gasteiger partial charge in [-0.15, -0.1) is 0 Å². The highest BCUT2D eigenvalue weighted by molar-refractivity contribution is 6.30. The van der Waals surface area contributed by atoms with Gasteiger partial charge in [-0.2, -0.15) is 0 Å². The first-order valence-electron chi connectivity index (χ1n) is 8.87. The molecule has 2 aromatic carbocycles. The lowest BCUT2D eigenvalue weighted by Crippen LogP contribution is -2.49. The van der Waals surface area contributed by atoms with Gasteiger partial charge >= 0.3 is 0 Å². The molecule has 1 aliphatic heterocycles. The normalized spacial score (nSPS) is 14.7. The maximum absolute atomic E-state index is 12.5. The summed E-state index contributed by atoms with van der Waals surface area (Å²) in [6, 6.07) is 14.4. The van der Waals surface area contributed by atoms with Crippen LogP contribution in [0.2, 0.25) is 5.02 Å². The molecule has 0 atom stereocenters. The van der Waals surface area contributed by atoms with Crippen molar-refractivity contribution in [3.63, 3.8) is 0 Å². The summed E-state index contributed by atoms with van der Waals surface area (Å²) in [7, 11) is 0. The number of carbonyl (C=O) groups is 1. The largest absolute Gasteiger partial charge is 0.368 e. The lowest BCUT2D eigenvalue weighted by molar-refractivity contribution is -0.131. The van der Waals surface area contributed by atoms with E-state index < -0.39 is 0 Å². The van der Waals surface area contributed by atoms with E-state index in [1.54, 1.807) is 0 Å². The van der Waals surface area contributed by atoms with Crippen LogP contribution in [0, 0.1) is 13.8 Å². The van der Waals surface area contributed by atoms with Gasteiger partial charge in [-0.05, 0) is 43.5 Å². The monoisotopic (exact) mass is 356 g/mol. The summed E-state index contributed by atoms with van der Waals surface area (Å²) in [6.45, 7) is 7.45. The summed E-state index contributed by atoms with van der Waals surface area (Å²) in [6.07, 6.45) is 1.39. The van der Waals surface area contributed by atoms with Crippen LogP contribution in [0.3, 0.4) is 0 Å². The van der Waals surface area contributed by atoms with Gasteiger partial charge in [-0.25, -0.2) is 0 Å². The Hall–Kier alpha value is -2.00. The predicted octanol–water partition coefficient (Wildman–Crippen LogP) is 4.24. The van der Waals surface area contributed by atoms with Gasteiger partial charge in [-0.1, -0.05) is 47.5 Å². The molecule has 0 spiro atoms. The number of halogens is 1. The van der Waals surface area contributed by atoms with Crippen LogP contribution in [0.4, 0.5) is 5.69 Å². The first-order chi connectivity index (χ1) is 12.0. The fourth-order valence-electron chi connectivity index (χ4n) is 3.28. The third kappa shape index (κ3) is 4.55. The van der Waals surface area contributed by atoms with Crippen molar-refractivity contribution in [2.45, 2.75) is 26.7 Å². The second kappa shape index (κ2) is 7.92. The molecule has 2 aromatic rings. The van der Waals surface area contributed by atoms with Gasteiger partial charge in [0.15, 0.2) is 0 Å². The van der Waals surface area contributed by atoms with E-state index in [0.717, 1.165) is 37.6 Å². The fraction of sp³-hybridized carbons (Fsp3) is 0.381. The van der Waals surface area contributed by atoms with Gasteiger partial charge in [0.05, 0.1) is 0 Å². The molecule has 0 aliphatic carbocycles. The fourth-order valence-corrected chi connectivity index (χ4v) is 3.45. The molecule has 3 nitrogen and oxygen atoms in total. The Labute approximate surface area is 155 Å². The van der Waals surface area contributed by atoms with Crippen molar-refractivity contribution in [1.29, 1.82) is 0 Å². The molecule has 3 rings (SSSR count). The van der Waals surface area contributed by atoms with Crippen LogP contribution in [-0.2, 0) is 11.2 Å². The maximum atomic E-state index is 12.5. The number of nitrogens with zero attached hydrogens (tertiary/aromatic N) is 2. The Balaban J connectivity index is 1.52. The molecule has 0 saturated carbocycles. The van der Waals surface area contributed by atoms with Gasteiger partial charge < -0.3 is 9.80 Å². The number of piperazine rings is 1. The first kappa shape index (κ1) is 17.8. The molecule has 0 unspecified atom stereocenters. The minimum atomic E-state index is 0.253. The lowest BCUT2D eigenvalue weighted by atomic mass is 10.1. The van der Waals surface area contributed by atoms with Gasteiger partial charge in [0.25, 0.3) is 0 Å². The maximum Gasteiger partial charge on any atom is 0.223 e. The average molecular weight is 357 g/mol. The number of benzene rings is 2. The number of aryl methyl sites for hydroxylation is 3. The van der Waals surface area contributed by atoms with E-state index in [1.165, 1.54) is 22.4 Å². The summed E-state index contributed by atoms with van der Waals surface area (Å²) in [4.78, 5) is 16.8. The molecule has 132 valence electrons. The Morgan fingerprint density at radius 3 is 2.36 bits per heavy atom. The molecular weight excluding hydrogens is 332 g/mol. The minimum absolute atomic E-state index is 0.253. The second-order valence-electron chi connectivity index (χ2n) is 6.78. The standard InChI is InChI=1S/C21H25ClN2O/c1-16-3-6-18(7-4-16)8-10-21(25)24-13-11-23(12-14-24)20-15-19(22)9-5-17(20)2/h3-7,9,15H,8,10-14H2,1-2H3. The molecule has 0 bridgehead atoms. The molecule has 4 heteroatoms. The third-order valence-electron chi connectivity index (χ3n) is 4.89. The zero-order valence-corrected chi connectivity index (χ0v) is 15.7. The highest BCUT2D eigenvalue weighted by atomic mass is 35.5. The summed E-state index contributed by atoms with van der Waals surface area (Å²) in [5.74, 6) is 0.253. The van der Waals surface area contributed by atoms with Gasteiger partial charge in [0.2, 0.25) is 5.91 Å². The molecule has 25 heavy (non-hydrogen) atoms. The van der Waals surface area contributed by atoms with E-state index >= 15 is 0 Å². The highest BCUT2D eigenvalue weighted by Gasteiger charge is 2.22. The van der Waals surface area contributed by atoms with E-state index in [2.05, 4.69) is 49.1 Å². The van der Waals surface area contributed by atoms with Crippen molar-refractivity contribution < 1.29 is 4.79 Å². The topological polar surface area (TPSA) is 23.6 Å². The summed E-state index contributed by atoms with van der Waals surface area (Å²) in [5.41, 5.74) is 4.89. The van der Waals surface area contributed by atoms with Crippen molar-refractivity contribution in [3.05, 3.63) is 64.2 Å². The number of anilines is 1. The minimum Gasteiger partial charge on any atom is -0.368 e. The van der Waals surface area contributed by atoms with Crippen molar-refractivity contribution in [1.82, 2.24) is 4.90 Å². The molecule has 0 aromatic heterocycles. The van der Waals surface area contributed by atoms with Crippen LogP contribution in [0.5, 0.6) is 0 Å². The van der Waals surface area contributed by atoms with Crippen molar-refractivity contribution in [2.75, 3.05) is 31.1 Å². The Bertz CT molecular complexity index is 734. The molecule has 1 fully saturated rings. The van der Waals surface area contributed by atoms with Gasteiger partial charge in [0, 0.05) is 43.3 Å². The van der Waals surface area contributed by atoms with Crippen LogP contribution >= 0.6 is 11.6 Å². The lowest BCUT2D eigenvalue weighted by Gasteiger charge is -2.37. The van der Waals surface area contributed by atoms with Crippen LogP contribution < -0.4 is 4.90 Å². The molecule has 1 amide bonds. The third-order valence-corrected chi connectivity index (χ3v) is 5.13. The predicted molar refractivity (Wildman–Crippen MR) is 104 cm³/mol. The molecule has 1 aliphatic rings. The van der Waals surface area contributed by atoms with Crippen molar-refractivity contribution >= 4 is 23.2 Å². The Morgan fingerprint density at radius 2 is 1.68 bits per heavy atom. The van der Waals surface area contributed by atoms with Crippen LogP contribution in [0.1, 0.15) is 23.1 Å². The van der Waals surface area contributed by atoms with Crippen molar-refractivity contribution in [3.8, 4) is 0 Å². The summed E-state index contributed by atoms with van der Waals surface area (Å²) in [5, 5.41) is 0.761. The molecule has 1 heterocycles. The molecular formula is C21H25ClN2O. The summed E-state index contributed by atoms with van der Waals surface area (Å²) < 4.78 is 0. The average Bonchev–Trinajstić information content (AvgIpc) is 2.63. The Morgan fingerprint density at radius 1 is 1.00 bits per heavy atom. The van der Waals surface area contributed by atoms with Crippen molar-refractivity contribution in [2.24, 2.45) is 0 Å². The smallest absolute Gasteiger partial charge is 0.223 e. The zero-order chi connectivity index (χ0) is 17.8. The zero-order valence-electron chi connectivity index (χ0n) is 15.0. The van der Waals surface area contributed by atoms with E-state index in [0.29, 0.717) is 6.42 Å². The van der Waals surface area contributed by atoms with Gasteiger partial charge in [-0.3, -0.25) is 4.79 Å². The van der Waals surface area contributed by atoms with Crippen LogP contribution in [0.15, 0.2) is 42.5 Å².